The second-order valence-corrected chi connectivity index (χ2v) is 14.7. The molecule has 4 heterocycles. The van der Waals surface area contributed by atoms with E-state index < -0.39 is 0 Å². The maximum atomic E-state index is 6.28. The molecule has 57 heavy (non-hydrogen) atoms. The topological polar surface area (TPSA) is 86.8 Å². The number of para-hydroxylation sites is 2. The smallest absolute Gasteiger partial charge is 0.172 e. The molecule has 4 aromatic heterocycles. The van der Waals surface area contributed by atoms with Gasteiger partial charge in [-0.25, -0.2) is 24.9 Å². The quantitative estimate of drug-likeness (QED) is 0.160. The van der Waals surface area contributed by atoms with E-state index in [0.717, 1.165) is 81.4 Å². The molecule has 0 aliphatic heterocycles. The molecule has 11 aromatic rings. The number of ether oxygens (including phenoxy) is 1. The highest BCUT2D eigenvalue weighted by Gasteiger charge is 2.19. The van der Waals surface area contributed by atoms with Crippen molar-refractivity contribution in [1.29, 1.82) is 0 Å². The van der Waals surface area contributed by atoms with Crippen LogP contribution in [-0.4, -0.2) is 24.9 Å². The summed E-state index contributed by atoms with van der Waals surface area (Å²) in [6.07, 6.45) is 1.76. The van der Waals surface area contributed by atoms with Gasteiger partial charge >= 0.3 is 0 Å². The Kier molecular flexibility index (Phi) is 7.86. The molecule has 0 fully saturated rings. The first-order valence-electron chi connectivity index (χ1n) is 18.6. The van der Waals surface area contributed by atoms with Crippen LogP contribution in [0.1, 0.15) is 0 Å². The summed E-state index contributed by atoms with van der Waals surface area (Å²) < 4.78 is 14.6. The number of benzene rings is 7. The van der Waals surface area contributed by atoms with E-state index in [9.17, 15) is 0 Å². The Balaban J connectivity index is 1.03. The van der Waals surface area contributed by atoms with Crippen LogP contribution in [0.5, 0.6) is 11.5 Å². The third kappa shape index (κ3) is 5.96. The van der Waals surface area contributed by atoms with Gasteiger partial charge in [0.1, 0.15) is 22.6 Å². The minimum Gasteiger partial charge on any atom is -0.456 e. The summed E-state index contributed by atoms with van der Waals surface area (Å²) >= 11 is 1.71. The van der Waals surface area contributed by atoms with E-state index in [4.69, 9.17) is 34.1 Å². The van der Waals surface area contributed by atoms with Crippen LogP contribution in [0.4, 0.5) is 0 Å². The van der Waals surface area contributed by atoms with Crippen molar-refractivity contribution in [2.24, 2.45) is 0 Å². The first-order chi connectivity index (χ1) is 28.2. The molecule has 0 radical (unpaired) electrons. The molecule has 0 aliphatic rings. The zero-order chi connectivity index (χ0) is 37.7. The van der Waals surface area contributed by atoms with Crippen LogP contribution >= 0.6 is 11.3 Å². The molecule has 7 aromatic carbocycles. The molecule has 0 spiro atoms. The zero-order valence-electron chi connectivity index (χ0n) is 30.2. The van der Waals surface area contributed by atoms with Gasteiger partial charge in [0.25, 0.3) is 0 Å². The molecule has 0 saturated heterocycles. The molecule has 8 heteroatoms. The summed E-state index contributed by atoms with van der Waals surface area (Å²) in [5.74, 6) is 3.75. The van der Waals surface area contributed by atoms with Crippen molar-refractivity contribution >= 4 is 53.4 Å². The summed E-state index contributed by atoms with van der Waals surface area (Å²) in [6, 6.07) is 56.8. The number of hydrogen-bond acceptors (Lipinski definition) is 8. The number of fused-ring (bicyclic) bond motifs is 6. The molecule has 7 nitrogen and oxygen atoms in total. The third-order valence-corrected chi connectivity index (χ3v) is 11.3. The molecule has 268 valence electrons. The predicted octanol–water partition coefficient (Wildman–Crippen LogP) is 13.1. The van der Waals surface area contributed by atoms with Crippen molar-refractivity contribution in [2.75, 3.05) is 0 Å². The zero-order valence-corrected chi connectivity index (χ0v) is 31.0. The maximum Gasteiger partial charge on any atom is 0.172 e. The van der Waals surface area contributed by atoms with Crippen LogP contribution in [0.15, 0.2) is 180 Å². The molecule has 0 bridgehead atoms. The Bertz CT molecular complexity index is 3270. The molecule has 0 aliphatic carbocycles. The Morgan fingerprint density at radius 1 is 0.439 bits per heavy atom. The van der Waals surface area contributed by atoms with Crippen molar-refractivity contribution in [1.82, 2.24) is 24.9 Å². The van der Waals surface area contributed by atoms with Crippen LogP contribution in [-0.2, 0) is 0 Å². The highest BCUT2D eigenvalue weighted by molar-refractivity contribution is 7.26. The standard InChI is InChI=1S/C49H29N5O2S/c1-4-13-30(14-5-1)44-42(55-34-17-8-3-9-18-34)29-50-46(51-44)33-23-25-36-37-20-12-21-38(45(37)57-43(36)28-33)49-53-47(31-15-6-2-7-16-31)52-48(54-49)32-24-26-41-39(27-32)35-19-10-11-22-40(35)56-41/h1-29H. The fourth-order valence-electron chi connectivity index (χ4n) is 7.32. The average Bonchev–Trinajstić information content (AvgIpc) is 3.85. The summed E-state index contributed by atoms with van der Waals surface area (Å²) in [5, 5.41) is 4.35. The Labute approximate surface area is 330 Å². The number of rotatable bonds is 7. The van der Waals surface area contributed by atoms with E-state index in [0.29, 0.717) is 29.0 Å². The van der Waals surface area contributed by atoms with Gasteiger partial charge in [0, 0.05) is 58.8 Å². The van der Waals surface area contributed by atoms with Crippen LogP contribution in [0.25, 0.3) is 98.9 Å². The Morgan fingerprint density at radius 3 is 1.91 bits per heavy atom. The SMILES string of the molecule is c1ccc(Oc2cnc(-c3ccc4c(c3)sc3c(-c5nc(-c6ccccc6)nc(-c6ccc7oc8ccccc8c7c6)n5)cccc34)nc2-c2ccccc2)cc1. The number of aromatic nitrogens is 5. The molecule has 0 amide bonds. The average molecular weight is 752 g/mol. The highest BCUT2D eigenvalue weighted by atomic mass is 32.1. The first-order valence-corrected chi connectivity index (χ1v) is 19.4. The molecule has 0 N–H and O–H groups in total. The van der Waals surface area contributed by atoms with Gasteiger partial charge in [-0.3, -0.25) is 0 Å². The summed E-state index contributed by atoms with van der Waals surface area (Å²) in [7, 11) is 0. The van der Waals surface area contributed by atoms with Crippen molar-refractivity contribution in [2.45, 2.75) is 0 Å². The number of nitrogens with zero attached hydrogens (tertiary/aromatic N) is 5. The van der Waals surface area contributed by atoms with E-state index in [-0.39, 0.29) is 0 Å². The lowest BCUT2D eigenvalue weighted by atomic mass is 10.1. The first kappa shape index (κ1) is 32.8. The molecule has 0 saturated carbocycles. The number of thiophene rings is 1. The number of hydrogen-bond donors (Lipinski definition) is 0. The summed E-state index contributed by atoms with van der Waals surface area (Å²) in [5.41, 5.74) is 7.00. The normalized spacial score (nSPS) is 11.5. The van der Waals surface area contributed by atoms with E-state index in [1.807, 2.05) is 121 Å². The van der Waals surface area contributed by atoms with Gasteiger partial charge in [-0.2, -0.15) is 0 Å². The van der Waals surface area contributed by atoms with Gasteiger partial charge < -0.3 is 9.15 Å². The van der Waals surface area contributed by atoms with Crippen LogP contribution in [0.2, 0.25) is 0 Å². The molecular weight excluding hydrogens is 723 g/mol. The largest absolute Gasteiger partial charge is 0.456 e. The van der Waals surface area contributed by atoms with Gasteiger partial charge in [0.15, 0.2) is 29.0 Å². The van der Waals surface area contributed by atoms with Crippen LogP contribution < -0.4 is 4.74 Å². The van der Waals surface area contributed by atoms with Crippen molar-refractivity contribution in [3.63, 3.8) is 0 Å². The third-order valence-electron chi connectivity index (χ3n) is 10.1. The van der Waals surface area contributed by atoms with Crippen LogP contribution in [0.3, 0.4) is 0 Å². The van der Waals surface area contributed by atoms with Crippen molar-refractivity contribution in [3.8, 4) is 68.3 Å². The molecule has 0 atom stereocenters. The fraction of sp³-hybridized carbons (Fsp3) is 0. The Hall–Kier alpha value is -7.55. The minimum absolute atomic E-state index is 0.591. The van der Waals surface area contributed by atoms with E-state index >= 15 is 0 Å². The van der Waals surface area contributed by atoms with Crippen LogP contribution in [0, 0.1) is 0 Å². The second kappa shape index (κ2) is 13.6. The molecule has 0 unspecified atom stereocenters. The summed E-state index contributed by atoms with van der Waals surface area (Å²) in [4.78, 5) is 25.2. The highest BCUT2D eigenvalue weighted by Crippen LogP contribution is 2.42. The molecule has 11 rings (SSSR count). The lowest BCUT2D eigenvalue weighted by Gasteiger charge is -2.12. The van der Waals surface area contributed by atoms with E-state index in [2.05, 4.69) is 48.5 Å². The lowest BCUT2D eigenvalue weighted by Crippen LogP contribution is -2.00. The van der Waals surface area contributed by atoms with E-state index in [1.54, 1.807) is 17.5 Å². The minimum atomic E-state index is 0.591. The van der Waals surface area contributed by atoms with Crippen molar-refractivity contribution in [3.05, 3.63) is 176 Å². The second-order valence-electron chi connectivity index (χ2n) is 13.7. The van der Waals surface area contributed by atoms with Crippen molar-refractivity contribution < 1.29 is 9.15 Å². The monoisotopic (exact) mass is 751 g/mol. The fourth-order valence-corrected chi connectivity index (χ4v) is 8.57. The predicted molar refractivity (Wildman–Crippen MR) is 229 cm³/mol. The van der Waals surface area contributed by atoms with Gasteiger partial charge in [-0.15, -0.1) is 11.3 Å². The lowest BCUT2D eigenvalue weighted by molar-refractivity contribution is 0.480. The van der Waals surface area contributed by atoms with E-state index in [1.165, 1.54) is 0 Å². The number of furan rings is 1. The Morgan fingerprint density at radius 2 is 1.09 bits per heavy atom. The maximum absolute atomic E-state index is 6.28. The summed E-state index contributed by atoms with van der Waals surface area (Å²) in [6.45, 7) is 0. The van der Waals surface area contributed by atoms with Gasteiger partial charge in [-0.05, 0) is 48.5 Å². The van der Waals surface area contributed by atoms with Gasteiger partial charge in [0.05, 0.1) is 6.20 Å². The van der Waals surface area contributed by atoms with Gasteiger partial charge in [0.2, 0.25) is 0 Å². The molecular formula is C49H29N5O2S. The van der Waals surface area contributed by atoms with Gasteiger partial charge in [-0.1, -0.05) is 121 Å².